The Morgan fingerprint density at radius 3 is 2.73 bits per heavy atom. The number of rotatable bonds is 6. The number of ether oxygens (including phenoxy) is 3. The summed E-state index contributed by atoms with van der Waals surface area (Å²) in [6.45, 7) is 1.29. The molecule has 0 spiro atoms. The van der Waals surface area contributed by atoms with E-state index in [1.807, 2.05) is 48.5 Å². The molecule has 2 aliphatic rings. The van der Waals surface area contributed by atoms with Gasteiger partial charge in [-0.25, -0.2) is 9.59 Å². The van der Waals surface area contributed by atoms with Crippen LogP contribution in [0.2, 0.25) is 0 Å². The summed E-state index contributed by atoms with van der Waals surface area (Å²) in [5.41, 5.74) is 2.49. The molecule has 1 amide bonds. The highest BCUT2D eigenvalue weighted by Gasteiger charge is 2.44. The van der Waals surface area contributed by atoms with E-state index in [-0.39, 0.29) is 25.6 Å². The van der Waals surface area contributed by atoms with Crippen LogP contribution in [0.5, 0.6) is 0 Å². The molecule has 5 rings (SSSR count). The van der Waals surface area contributed by atoms with Crippen LogP contribution in [0, 0.1) is 18.8 Å². The molecule has 0 bridgehead atoms. The molecule has 0 saturated carbocycles. The second-order valence-corrected chi connectivity index (χ2v) is 9.39. The molecule has 1 aromatic heterocycles. The predicted octanol–water partition coefficient (Wildman–Crippen LogP) is 1.54. The number of nitrogens with zero attached hydrogens (tertiary/aromatic N) is 1. The highest BCUT2D eigenvalue weighted by molar-refractivity contribution is 5.68. The number of aromatic nitrogens is 2. The van der Waals surface area contributed by atoms with Crippen molar-refractivity contribution in [2.45, 2.75) is 50.9 Å². The van der Waals surface area contributed by atoms with Gasteiger partial charge in [0.2, 0.25) is 1.43 Å². The van der Waals surface area contributed by atoms with Crippen LogP contribution in [-0.4, -0.2) is 65.9 Å². The van der Waals surface area contributed by atoms with Gasteiger partial charge in [-0.3, -0.25) is 14.3 Å². The summed E-state index contributed by atoms with van der Waals surface area (Å²) in [5.74, 6) is 6.37. The predicted molar refractivity (Wildman–Crippen MR) is 149 cm³/mol. The lowest BCUT2D eigenvalue weighted by atomic mass is 9.92. The fraction of sp³-hybridized carbons (Fsp3) is 0.367. The van der Waals surface area contributed by atoms with Crippen molar-refractivity contribution in [2.24, 2.45) is 0 Å². The van der Waals surface area contributed by atoms with Gasteiger partial charge in [0, 0.05) is 49.9 Å². The number of fused-ring (bicyclic) bond motifs is 2. The molecule has 2 aromatic carbocycles. The van der Waals surface area contributed by atoms with E-state index < -0.39 is 48.0 Å². The van der Waals surface area contributed by atoms with Gasteiger partial charge in [0.05, 0.1) is 12.7 Å². The van der Waals surface area contributed by atoms with Crippen molar-refractivity contribution >= 4 is 6.09 Å². The summed E-state index contributed by atoms with van der Waals surface area (Å²) in [7, 11) is 1.29. The molecule has 11 nitrogen and oxygen atoms in total. The fourth-order valence-corrected chi connectivity index (χ4v) is 4.68. The molecule has 1 saturated heterocycles. The van der Waals surface area contributed by atoms with E-state index in [1.165, 1.54) is 20.2 Å². The lowest BCUT2D eigenvalue weighted by molar-refractivity contribution is -0.0684. The molecule has 2 unspecified atom stereocenters. The third-order valence-corrected chi connectivity index (χ3v) is 6.73. The number of carbonyl (C=O) groups is 1. The summed E-state index contributed by atoms with van der Waals surface area (Å²) >= 11 is 0. The average molecular weight is 567 g/mol. The van der Waals surface area contributed by atoms with E-state index in [0.717, 1.165) is 26.8 Å². The SMILES string of the molecule is [2H]C[C@H]1O[C@@H](n2cc(C)c(=O)[nH]c2=O)[C@@H](OCCNC(=O)OC2Cc3ccccc3C#Cc3ccccc32)C1O.[3H]OC. The largest absolute Gasteiger partial charge is 0.441 e. The highest BCUT2D eigenvalue weighted by Crippen LogP contribution is 2.31. The van der Waals surface area contributed by atoms with E-state index >= 15 is 0 Å². The van der Waals surface area contributed by atoms with Crippen molar-refractivity contribution in [3.05, 3.63) is 103 Å². The first kappa shape index (κ1) is 27.0. The Morgan fingerprint density at radius 2 is 1.95 bits per heavy atom. The van der Waals surface area contributed by atoms with Crippen molar-refractivity contribution in [3.63, 3.8) is 0 Å². The van der Waals surface area contributed by atoms with Crippen LogP contribution in [-0.2, 0) is 20.6 Å². The van der Waals surface area contributed by atoms with Gasteiger partial charge < -0.3 is 29.7 Å². The molecule has 3 aromatic rings. The van der Waals surface area contributed by atoms with Crippen molar-refractivity contribution in [1.29, 1.82) is 1.43 Å². The first-order chi connectivity index (χ1) is 20.8. The number of hydrogen-bond acceptors (Lipinski definition) is 8. The van der Waals surface area contributed by atoms with Crippen molar-refractivity contribution in [3.8, 4) is 11.8 Å². The van der Waals surface area contributed by atoms with E-state index in [2.05, 4.69) is 27.3 Å². The summed E-state index contributed by atoms with van der Waals surface area (Å²) in [5, 5.41) is 16.8. The topological polar surface area (TPSA) is 152 Å². The van der Waals surface area contributed by atoms with Crippen molar-refractivity contribution in [1.82, 2.24) is 14.9 Å². The molecular weight excluding hydrogens is 530 g/mol. The molecule has 1 aliphatic heterocycles. The smallest absolute Gasteiger partial charge is 0.407 e. The first-order valence-corrected chi connectivity index (χ1v) is 13.0. The zero-order valence-electron chi connectivity index (χ0n) is 24.7. The van der Waals surface area contributed by atoms with Gasteiger partial charge in [0.15, 0.2) is 6.23 Å². The Balaban J connectivity index is 0.00000135. The van der Waals surface area contributed by atoms with Crippen LogP contribution in [0.4, 0.5) is 4.79 Å². The lowest BCUT2D eigenvalue weighted by Gasteiger charge is -2.23. The van der Waals surface area contributed by atoms with E-state index in [9.17, 15) is 19.5 Å². The van der Waals surface area contributed by atoms with Crippen molar-refractivity contribution in [2.75, 3.05) is 20.3 Å². The van der Waals surface area contributed by atoms with Crippen LogP contribution in [0.3, 0.4) is 0 Å². The molecule has 11 heteroatoms. The molecule has 1 aliphatic carbocycles. The van der Waals surface area contributed by atoms with Crippen LogP contribution < -0.4 is 16.6 Å². The van der Waals surface area contributed by atoms with Gasteiger partial charge in [-0.2, -0.15) is 0 Å². The van der Waals surface area contributed by atoms with Gasteiger partial charge >= 0.3 is 11.8 Å². The number of aliphatic hydroxyl groups excluding tert-OH is 2. The fourth-order valence-electron chi connectivity index (χ4n) is 4.68. The number of benzene rings is 2. The number of amides is 1. The van der Waals surface area contributed by atoms with Gasteiger partial charge in [-0.05, 0) is 31.5 Å². The van der Waals surface area contributed by atoms with Crippen LogP contribution in [0.25, 0.3) is 0 Å². The van der Waals surface area contributed by atoms with Gasteiger partial charge in [0.1, 0.15) is 18.3 Å². The maximum atomic E-state index is 12.8. The number of aliphatic hydroxyl groups is 2. The summed E-state index contributed by atoms with van der Waals surface area (Å²) in [6, 6.07) is 15.3. The van der Waals surface area contributed by atoms with Crippen molar-refractivity contribution < 1.29 is 30.6 Å². The molecule has 41 heavy (non-hydrogen) atoms. The standard InChI is InChI=1S/C29H29N3O7.CH4O/c1-17-16-32(28(35)31-26(17)34)27-25(24(33)18(2)38-27)37-14-13-30-29(36)39-23-15-21-9-4-3-7-19(21)11-12-20-8-5-6-10-22(20)23;1-2/h3-10,16,18,23-25,27,33H,13-15H2,1-2H3,(H,30,36)(H,31,34,35);2H,1H3/t18-,23?,24?,25+,27-;/m1./s1/i2D;2T. The van der Waals surface area contributed by atoms with Gasteiger partial charge in [-0.1, -0.05) is 48.2 Å². The minimum absolute atomic E-state index is 0.0337. The Labute approximate surface area is 239 Å². The monoisotopic (exact) mass is 566 g/mol. The zero-order chi connectivity index (χ0) is 30.9. The van der Waals surface area contributed by atoms with E-state index in [1.54, 1.807) is 0 Å². The quantitative estimate of drug-likeness (QED) is 0.259. The highest BCUT2D eigenvalue weighted by atomic mass is 16.6. The van der Waals surface area contributed by atoms with Crippen LogP contribution in [0.1, 0.15) is 48.4 Å². The molecule has 2 heterocycles. The number of aromatic amines is 1. The molecule has 4 N–H and O–H groups in total. The number of H-pyrrole nitrogens is 1. The molecule has 0 radical (unpaired) electrons. The minimum atomic E-state index is -1.19. The summed E-state index contributed by atoms with van der Waals surface area (Å²) < 4.78 is 31.8. The third kappa shape index (κ3) is 6.75. The first-order valence-electron chi connectivity index (χ1n) is 14.1. The third-order valence-electron chi connectivity index (χ3n) is 6.73. The second kappa shape index (κ2) is 13.4. The summed E-state index contributed by atoms with van der Waals surface area (Å²) in [6.07, 6.45) is -3.58. The van der Waals surface area contributed by atoms with Gasteiger partial charge in [0.25, 0.3) is 5.56 Å². The molecule has 216 valence electrons. The Hall–Kier alpha value is -4.21. The molecular formula is C30H33N3O8. The molecule has 5 atom stereocenters. The second-order valence-electron chi connectivity index (χ2n) is 9.39. The average Bonchev–Trinajstić information content (AvgIpc) is 3.30. The number of nitrogens with one attached hydrogen (secondary N) is 2. The van der Waals surface area contributed by atoms with Crippen LogP contribution >= 0.6 is 0 Å². The maximum absolute atomic E-state index is 12.8. The number of hydrogen-bond donors (Lipinski definition) is 4. The summed E-state index contributed by atoms with van der Waals surface area (Å²) in [4.78, 5) is 39.2. The number of aryl methyl sites for hydroxylation is 1. The van der Waals surface area contributed by atoms with Crippen LogP contribution in [0.15, 0.2) is 64.3 Å². The Bertz CT molecular complexity index is 1600. The van der Waals surface area contributed by atoms with Gasteiger partial charge in [-0.15, -0.1) is 0 Å². The zero-order valence-corrected chi connectivity index (χ0v) is 22.7. The number of alkyl carbamates (subject to hydrolysis) is 1. The van der Waals surface area contributed by atoms with E-state index in [4.69, 9.17) is 17.0 Å². The normalized spacial score (nSPS) is 23.0. The number of carbonyl (C=O) groups excluding carboxylic acids is 1. The lowest BCUT2D eigenvalue weighted by Crippen LogP contribution is -2.40. The Morgan fingerprint density at radius 1 is 1.24 bits per heavy atom. The Kier molecular flexibility index (Phi) is 8.84. The maximum Gasteiger partial charge on any atom is 0.407 e. The van der Waals surface area contributed by atoms with E-state index in [0.29, 0.717) is 6.42 Å². The molecule has 1 fully saturated rings. The minimum Gasteiger partial charge on any atom is -0.441 e.